The highest BCUT2D eigenvalue weighted by atomic mass is 16.6. The average Bonchev–Trinajstić information content (AvgIpc) is 3.47. The highest BCUT2D eigenvalue weighted by molar-refractivity contribution is 5.72. The van der Waals surface area contributed by atoms with E-state index in [0.717, 1.165) is 154 Å². The van der Waals surface area contributed by atoms with Gasteiger partial charge in [-0.15, -0.1) is 0 Å². The molecule has 0 radical (unpaired) electrons. The molecule has 0 aliphatic carbocycles. The van der Waals surface area contributed by atoms with E-state index in [-0.39, 0.29) is 38.0 Å². The van der Waals surface area contributed by atoms with E-state index in [4.69, 9.17) is 14.2 Å². The number of hydrogen-bond acceptors (Lipinski definition) is 6. The summed E-state index contributed by atoms with van der Waals surface area (Å²) in [6.07, 6.45) is 101. The van der Waals surface area contributed by atoms with E-state index in [1.54, 1.807) is 6.08 Å². The second kappa shape index (κ2) is 67.0. The molecule has 0 N–H and O–H groups in total. The standard InChI is InChI=1S/C75H116O6/c1-4-7-10-13-16-19-22-25-28-30-32-33-34-35-36-37-38-39-40-41-43-44-47-50-53-56-59-62-65-68-74(77)80-71-72(70-79-73(76)67-64-61-58-55-52-49-46-27-24-21-18-15-12-9-6-3)81-75(78)69-66-63-60-57-54-51-48-45-42-31-29-26-23-20-17-14-11-8-5-2/h7,9-10,12,16-21,25-29,32-33,35-36,38-39,41-43,45-46,52,55,61,64,72H,4-6,8,11,13-15,22-24,30-31,34,37,40,44,47-51,53-54,56-60,62-63,65-71H2,1-3H3/b10-7-,12-9-,19-16-,20-17-,21-18-,28-25-,29-26-,33-32-,36-35-,39-38-,43-41-,45-42-,46-27-,55-52-,64-61-. The van der Waals surface area contributed by atoms with Crippen molar-refractivity contribution >= 4 is 17.9 Å². The van der Waals surface area contributed by atoms with Crippen LogP contribution in [0.4, 0.5) is 0 Å². The van der Waals surface area contributed by atoms with Gasteiger partial charge < -0.3 is 14.2 Å². The van der Waals surface area contributed by atoms with Gasteiger partial charge in [-0.2, -0.15) is 0 Å². The van der Waals surface area contributed by atoms with Crippen molar-refractivity contribution in [1.29, 1.82) is 0 Å². The molecule has 0 aromatic rings. The fourth-order valence-corrected chi connectivity index (χ4v) is 8.15. The van der Waals surface area contributed by atoms with Gasteiger partial charge in [-0.1, -0.05) is 274 Å². The molecule has 6 heteroatoms. The molecule has 1 atom stereocenters. The van der Waals surface area contributed by atoms with Crippen molar-refractivity contribution in [2.24, 2.45) is 0 Å². The molecule has 0 aliphatic rings. The van der Waals surface area contributed by atoms with Crippen LogP contribution in [0.15, 0.2) is 182 Å². The van der Waals surface area contributed by atoms with Crippen LogP contribution >= 0.6 is 0 Å². The Kier molecular flexibility index (Phi) is 62.5. The second-order valence-corrected chi connectivity index (χ2v) is 20.6. The third-order valence-electron chi connectivity index (χ3n) is 12.9. The number of hydrogen-bond donors (Lipinski definition) is 0. The summed E-state index contributed by atoms with van der Waals surface area (Å²) in [5.41, 5.74) is 0. The van der Waals surface area contributed by atoms with Crippen molar-refractivity contribution in [2.75, 3.05) is 13.2 Å². The van der Waals surface area contributed by atoms with Crippen LogP contribution in [0.3, 0.4) is 0 Å². The van der Waals surface area contributed by atoms with Gasteiger partial charge in [0.1, 0.15) is 13.2 Å². The third kappa shape index (κ3) is 65.2. The number of rotatable bonds is 56. The molecule has 0 saturated heterocycles. The molecule has 0 amide bonds. The van der Waals surface area contributed by atoms with E-state index in [1.165, 1.54) is 57.8 Å². The Bertz CT molecular complexity index is 1900. The summed E-state index contributed by atoms with van der Waals surface area (Å²) < 4.78 is 16.8. The summed E-state index contributed by atoms with van der Waals surface area (Å²) in [5, 5.41) is 0. The van der Waals surface area contributed by atoms with Crippen molar-refractivity contribution < 1.29 is 28.6 Å². The molecule has 0 saturated carbocycles. The van der Waals surface area contributed by atoms with Gasteiger partial charge in [0.25, 0.3) is 0 Å². The van der Waals surface area contributed by atoms with Gasteiger partial charge in [0.15, 0.2) is 6.10 Å². The molecular weight excluding hydrogens is 997 g/mol. The zero-order valence-corrected chi connectivity index (χ0v) is 51.7. The Morgan fingerprint density at radius 2 is 0.531 bits per heavy atom. The first-order valence-electron chi connectivity index (χ1n) is 32.3. The summed E-state index contributed by atoms with van der Waals surface area (Å²) >= 11 is 0. The maximum absolute atomic E-state index is 12.9. The van der Waals surface area contributed by atoms with Crippen molar-refractivity contribution in [3.63, 3.8) is 0 Å². The van der Waals surface area contributed by atoms with E-state index in [0.29, 0.717) is 6.42 Å². The van der Waals surface area contributed by atoms with E-state index in [1.807, 2.05) is 6.08 Å². The molecule has 0 aromatic heterocycles. The van der Waals surface area contributed by atoms with Crippen LogP contribution in [-0.2, 0) is 28.6 Å². The van der Waals surface area contributed by atoms with Crippen molar-refractivity contribution in [2.45, 2.75) is 258 Å². The molecule has 0 aliphatic heterocycles. The smallest absolute Gasteiger partial charge is 0.309 e. The maximum atomic E-state index is 12.9. The van der Waals surface area contributed by atoms with E-state index < -0.39 is 12.1 Å². The van der Waals surface area contributed by atoms with Crippen LogP contribution in [0.1, 0.15) is 252 Å². The van der Waals surface area contributed by atoms with E-state index in [2.05, 4.69) is 191 Å². The highest BCUT2D eigenvalue weighted by Crippen LogP contribution is 2.14. The molecule has 0 heterocycles. The van der Waals surface area contributed by atoms with Crippen LogP contribution in [-0.4, -0.2) is 37.2 Å². The lowest BCUT2D eigenvalue weighted by Crippen LogP contribution is -2.30. The number of carbonyl (C=O) groups excluding carboxylic acids is 3. The fourth-order valence-electron chi connectivity index (χ4n) is 8.15. The first-order valence-corrected chi connectivity index (χ1v) is 32.3. The monoisotopic (exact) mass is 1110 g/mol. The Balaban J connectivity index is 4.49. The van der Waals surface area contributed by atoms with Gasteiger partial charge in [0, 0.05) is 12.8 Å². The van der Waals surface area contributed by atoms with Crippen LogP contribution in [0.2, 0.25) is 0 Å². The number of ether oxygens (including phenoxy) is 3. The Labute approximate surface area is 497 Å². The lowest BCUT2D eigenvalue weighted by atomic mass is 10.1. The number of allylic oxidation sites excluding steroid dienone is 29. The Hall–Kier alpha value is -5.49. The second-order valence-electron chi connectivity index (χ2n) is 20.6. The summed E-state index contributed by atoms with van der Waals surface area (Å²) in [6, 6.07) is 0. The maximum Gasteiger partial charge on any atom is 0.309 e. The van der Waals surface area contributed by atoms with Gasteiger partial charge in [-0.3, -0.25) is 14.4 Å². The Morgan fingerprint density at radius 3 is 0.864 bits per heavy atom. The third-order valence-corrected chi connectivity index (χ3v) is 12.9. The van der Waals surface area contributed by atoms with Crippen LogP contribution in [0, 0.1) is 0 Å². The molecule has 0 fully saturated rings. The number of esters is 3. The van der Waals surface area contributed by atoms with Crippen molar-refractivity contribution in [1.82, 2.24) is 0 Å². The minimum Gasteiger partial charge on any atom is -0.462 e. The quantitative estimate of drug-likeness (QED) is 0.0261. The summed E-state index contributed by atoms with van der Waals surface area (Å²) in [7, 11) is 0. The minimum absolute atomic E-state index is 0.113. The zero-order valence-electron chi connectivity index (χ0n) is 51.7. The highest BCUT2D eigenvalue weighted by Gasteiger charge is 2.19. The van der Waals surface area contributed by atoms with Gasteiger partial charge >= 0.3 is 17.9 Å². The molecule has 0 aromatic carbocycles. The molecule has 0 bridgehead atoms. The van der Waals surface area contributed by atoms with E-state index >= 15 is 0 Å². The normalized spacial score (nSPS) is 13.4. The van der Waals surface area contributed by atoms with Crippen LogP contribution in [0.25, 0.3) is 0 Å². The Morgan fingerprint density at radius 1 is 0.272 bits per heavy atom. The first kappa shape index (κ1) is 75.5. The van der Waals surface area contributed by atoms with Gasteiger partial charge in [0.2, 0.25) is 0 Å². The largest absolute Gasteiger partial charge is 0.462 e. The van der Waals surface area contributed by atoms with Gasteiger partial charge in [-0.25, -0.2) is 0 Å². The van der Waals surface area contributed by atoms with Gasteiger partial charge in [-0.05, 0) is 141 Å². The molecular formula is C75H116O6. The molecule has 6 nitrogen and oxygen atoms in total. The molecule has 0 rings (SSSR count). The molecule has 1 unspecified atom stereocenters. The predicted octanol–water partition coefficient (Wildman–Crippen LogP) is 22.4. The number of carbonyl (C=O) groups is 3. The summed E-state index contributed by atoms with van der Waals surface area (Å²) in [6.45, 7) is 6.27. The topological polar surface area (TPSA) is 78.9 Å². The SMILES string of the molecule is CC/C=C\C/C=C\C/C=C\C/C=C\C/C=C\C/C=C\C/C=C\CCCCCCCCCC(=O)OCC(COC(=O)C/C=C\C/C=C\C/C=C\C/C=C\C/C=C\CC)OC(=O)CCCCCCCC/C=C\C/C=C\C/C=C\CCCCC. The van der Waals surface area contributed by atoms with Crippen molar-refractivity contribution in [3.8, 4) is 0 Å². The van der Waals surface area contributed by atoms with Gasteiger partial charge in [0.05, 0.1) is 6.42 Å². The molecule has 81 heavy (non-hydrogen) atoms. The summed E-state index contributed by atoms with van der Waals surface area (Å²) in [5.74, 6) is -1.09. The predicted molar refractivity (Wildman–Crippen MR) is 352 cm³/mol. The lowest BCUT2D eigenvalue weighted by molar-refractivity contribution is -0.166. The van der Waals surface area contributed by atoms with E-state index in [9.17, 15) is 14.4 Å². The fraction of sp³-hybridized carbons (Fsp3) is 0.560. The zero-order chi connectivity index (χ0) is 58.5. The van der Waals surface area contributed by atoms with Crippen LogP contribution in [0.5, 0.6) is 0 Å². The molecule has 452 valence electrons. The number of unbranched alkanes of at least 4 members (excludes halogenated alkanes) is 16. The summed E-state index contributed by atoms with van der Waals surface area (Å²) in [4.78, 5) is 38.3. The minimum atomic E-state index is -0.842. The average molecular weight is 1110 g/mol. The first-order chi connectivity index (χ1) is 40.0. The molecule has 0 spiro atoms. The van der Waals surface area contributed by atoms with Crippen LogP contribution < -0.4 is 0 Å². The van der Waals surface area contributed by atoms with Crippen molar-refractivity contribution in [3.05, 3.63) is 182 Å². The lowest BCUT2D eigenvalue weighted by Gasteiger charge is -2.18.